The molecule has 5 heteroatoms. The van der Waals surface area contributed by atoms with E-state index in [-0.39, 0.29) is 5.91 Å². The van der Waals surface area contributed by atoms with E-state index in [1.807, 2.05) is 23.2 Å². The number of aromatic amines is 1. The molecule has 1 saturated heterocycles. The molecular weight excluding hydrogens is 276 g/mol. The third kappa shape index (κ3) is 2.89. The van der Waals surface area contributed by atoms with Crippen molar-refractivity contribution in [2.45, 2.75) is 39.0 Å². The fourth-order valence-corrected chi connectivity index (χ4v) is 3.13. The maximum Gasteiger partial charge on any atom is 0.253 e. The Balaban J connectivity index is 1.65. The minimum absolute atomic E-state index is 0.122. The fraction of sp³-hybridized carbons (Fsp3) is 0.471. The van der Waals surface area contributed by atoms with Crippen LogP contribution in [0.15, 0.2) is 24.5 Å². The van der Waals surface area contributed by atoms with Crippen LogP contribution in [0.5, 0.6) is 0 Å². The lowest BCUT2D eigenvalue weighted by Gasteiger charge is -2.32. The van der Waals surface area contributed by atoms with Crippen molar-refractivity contribution < 1.29 is 4.79 Å². The molecule has 1 amide bonds. The van der Waals surface area contributed by atoms with E-state index in [2.05, 4.69) is 29.0 Å². The Hall–Kier alpha value is -2.17. The van der Waals surface area contributed by atoms with Crippen LogP contribution in [0.2, 0.25) is 0 Å². The Morgan fingerprint density at radius 1 is 1.41 bits per heavy atom. The first-order chi connectivity index (χ1) is 10.7. The predicted molar refractivity (Wildman–Crippen MR) is 84.8 cm³/mol. The van der Waals surface area contributed by atoms with E-state index in [4.69, 9.17) is 0 Å². The molecular formula is C17H22N4O. The van der Waals surface area contributed by atoms with Gasteiger partial charge >= 0.3 is 0 Å². The first kappa shape index (κ1) is 14.8. The second-order valence-corrected chi connectivity index (χ2v) is 5.92. The number of carbonyl (C=O) groups excluding carboxylic acids is 1. The van der Waals surface area contributed by atoms with E-state index < -0.39 is 0 Å². The molecule has 0 unspecified atom stereocenters. The Bertz CT molecular complexity index is 656. The zero-order valence-electron chi connectivity index (χ0n) is 13.2. The second-order valence-electron chi connectivity index (χ2n) is 5.92. The maximum absolute atomic E-state index is 12.6. The molecule has 1 aliphatic heterocycles. The second kappa shape index (κ2) is 6.30. The Morgan fingerprint density at radius 3 is 2.82 bits per heavy atom. The Kier molecular flexibility index (Phi) is 4.22. The first-order valence-electron chi connectivity index (χ1n) is 7.93. The van der Waals surface area contributed by atoms with Gasteiger partial charge in [0.2, 0.25) is 0 Å². The third-order valence-corrected chi connectivity index (χ3v) is 4.48. The number of carbonyl (C=O) groups is 1. The van der Waals surface area contributed by atoms with E-state index in [1.165, 1.54) is 11.3 Å². The summed E-state index contributed by atoms with van der Waals surface area (Å²) in [5.74, 6) is 0.604. The summed E-state index contributed by atoms with van der Waals surface area (Å²) in [5, 5.41) is 7.21. The summed E-state index contributed by atoms with van der Waals surface area (Å²) in [6.45, 7) is 5.73. The number of likely N-dealkylation sites (tertiary alicyclic amines) is 1. The van der Waals surface area contributed by atoms with Gasteiger partial charge in [0.15, 0.2) is 0 Å². The summed E-state index contributed by atoms with van der Waals surface area (Å²) < 4.78 is 0. The molecule has 1 aliphatic rings. The molecule has 0 radical (unpaired) electrons. The monoisotopic (exact) mass is 298 g/mol. The van der Waals surface area contributed by atoms with Crippen molar-refractivity contribution in [1.82, 2.24) is 20.1 Å². The van der Waals surface area contributed by atoms with Gasteiger partial charge < -0.3 is 4.90 Å². The van der Waals surface area contributed by atoms with Crippen molar-refractivity contribution in [2.75, 3.05) is 13.1 Å². The molecule has 1 fully saturated rings. The van der Waals surface area contributed by atoms with E-state index in [0.29, 0.717) is 5.92 Å². The van der Waals surface area contributed by atoms with E-state index in [1.54, 1.807) is 6.20 Å². The highest BCUT2D eigenvalue weighted by Crippen LogP contribution is 2.29. The number of hydrogen-bond donors (Lipinski definition) is 1. The molecule has 2 aromatic heterocycles. The van der Waals surface area contributed by atoms with Gasteiger partial charge in [-0.2, -0.15) is 5.10 Å². The summed E-state index contributed by atoms with van der Waals surface area (Å²) in [7, 11) is 0. The number of amides is 1. The largest absolute Gasteiger partial charge is 0.339 e. The van der Waals surface area contributed by atoms with Gasteiger partial charge in [-0.3, -0.25) is 14.9 Å². The van der Waals surface area contributed by atoms with Gasteiger partial charge in [0.1, 0.15) is 0 Å². The number of aromatic nitrogens is 3. The van der Waals surface area contributed by atoms with Crippen LogP contribution >= 0.6 is 0 Å². The van der Waals surface area contributed by atoms with Crippen molar-refractivity contribution in [3.8, 4) is 0 Å². The molecule has 3 heterocycles. The lowest BCUT2D eigenvalue weighted by Crippen LogP contribution is -2.38. The zero-order valence-corrected chi connectivity index (χ0v) is 13.2. The molecule has 1 N–H and O–H groups in total. The molecule has 22 heavy (non-hydrogen) atoms. The van der Waals surface area contributed by atoms with Gasteiger partial charge in [-0.25, -0.2) is 0 Å². The highest BCUT2D eigenvalue weighted by atomic mass is 16.2. The number of nitrogens with zero attached hydrogens (tertiary/aromatic N) is 3. The standard InChI is InChI=1S/C17H22N4O/c1-3-15-10-14(4-7-18-15)17(22)21-8-5-13(6-9-21)16-12(2)11-19-20-16/h4,7,10-11,13H,3,5-6,8-9H2,1-2H3,(H,19,20). The van der Waals surface area contributed by atoms with Gasteiger partial charge in [-0.1, -0.05) is 6.92 Å². The number of aryl methyl sites for hydroxylation is 2. The molecule has 2 aromatic rings. The van der Waals surface area contributed by atoms with Gasteiger partial charge in [0.05, 0.1) is 6.20 Å². The molecule has 0 spiro atoms. The minimum atomic E-state index is 0.122. The van der Waals surface area contributed by atoms with Crippen LogP contribution in [0.4, 0.5) is 0 Å². The van der Waals surface area contributed by atoms with Crippen LogP contribution in [0.25, 0.3) is 0 Å². The van der Waals surface area contributed by atoms with Crippen LogP contribution < -0.4 is 0 Å². The molecule has 0 aliphatic carbocycles. The van der Waals surface area contributed by atoms with Crippen molar-refractivity contribution in [1.29, 1.82) is 0 Å². The molecule has 116 valence electrons. The Morgan fingerprint density at radius 2 is 2.18 bits per heavy atom. The lowest BCUT2D eigenvalue weighted by atomic mass is 9.91. The maximum atomic E-state index is 12.6. The van der Waals surface area contributed by atoms with Crippen LogP contribution in [0, 0.1) is 6.92 Å². The van der Waals surface area contributed by atoms with Gasteiger partial charge in [-0.05, 0) is 43.9 Å². The van der Waals surface area contributed by atoms with E-state index >= 15 is 0 Å². The van der Waals surface area contributed by atoms with Crippen molar-refractivity contribution in [3.05, 3.63) is 47.0 Å². The van der Waals surface area contributed by atoms with Crippen LogP contribution in [0.3, 0.4) is 0 Å². The van der Waals surface area contributed by atoms with Crippen molar-refractivity contribution >= 4 is 5.91 Å². The van der Waals surface area contributed by atoms with Crippen molar-refractivity contribution in [2.24, 2.45) is 0 Å². The zero-order chi connectivity index (χ0) is 15.5. The number of nitrogens with one attached hydrogen (secondary N) is 1. The number of hydrogen-bond acceptors (Lipinski definition) is 3. The summed E-state index contributed by atoms with van der Waals surface area (Å²) in [5.41, 5.74) is 4.16. The molecule has 0 bridgehead atoms. The van der Waals surface area contributed by atoms with Crippen LogP contribution in [0.1, 0.15) is 53.0 Å². The smallest absolute Gasteiger partial charge is 0.253 e. The average molecular weight is 298 g/mol. The van der Waals surface area contributed by atoms with Crippen molar-refractivity contribution in [3.63, 3.8) is 0 Å². The normalized spacial score (nSPS) is 16.0. The molecule has 0 aromatic carbocycles. The quantitative estimate of drug-likeness (QED) is 0.947. The van der Waals surface area contributed by atoms with E-state index in [0.717, 1.165) is 43.6 Å². The molecule has 3 rings (SSSR count). The molecule has 0 atom stereocenters. The topological polar surface area (TPSA) is 61.9 Å². The lowest BCUT2D eigenvalue weighted by molar-refractivity contribution is 0.0711. The first-order valence-corrected chi connectivity index (χ1v) is 7.93. The summed E-state index contributed by atoms with van der Waals surface area (Å²) in [4.78, 5) is 18.8. The fourth-order valence-electron chi connectivity index (χ4n) is 3.13. The Labute approximate surface area is 130 Å². The molecule has 0 saturated carbocycles. The number of H-pyrrole nitrogens is 1. The minimum Gasteiger partial charge on any atom is -0.339 e. The third-order valence-electron chi connectivity index (χ3n) is 4.48. The van der Waals surface area contributed by atoms with Gasteiger partial charge in [-0.15, -0.1) is 0 Å². The summed E-state index contributed by atoms with van der Waals surface area (Å²) in [6.07, 6.45) is 6.42. The summed E-state index contributed by atoms with van der Waals surface area (Å²) >= 11 is 0. The van der Waals surface area contributed by atoms with E-state index in [9.17, 15) is 4.79 Å². The van der Waals surface area contributed by atoms with Crippen LogP contribution in [-0.4, -0.2) is 39.1 Å². The van der Waals surface area contributed by atoms with Crippen LogP contribution in [-0.2, 0) is 6.42 Å². The summed E-state index contributed by atoms with van der Waals surface area (Å²) in [6, 6.07) is 3.72. The average Bonchev–Trinajstić information content (AvgIpc) is 3.00. The highest BCUT2D eigenvalue weighted by Gasteiger charge is 2.26. The van der Waals surface area contributed by atoms with Gasteiger partial charge in [0.25, 0.3) is 5.91 Å². The highest BCUT2D eigenvalue weighted by molar-refractivity contribution is 5.94. The number of piperidine rings is 1. The SMILES string of the molecule is CCc1cc(C(=O)N2CCC(c3[nH]ncc3C)CC2)ccn1. The molecule has 5 nitrogen and oxygen atoms in total. The number of rotatable bonds is 3. The van der Waals surface area contributed by atoms with Gasteiger partial charge in [0, 0.05) is 42.2 Å². The predicted octanol–water partition coefficient (Wildman–Crippen LogP) is 2.70. The number of pyridine rings is 1.